The Labute approximate surface area is 113 Å². The van der Waals surface area contributed by atoms with Gasteiger partial charge in [-0.2, -0.15) is 11.8 Å². The third-order valence-electron chi connectivity index (χ3n) is 3.00. The van der Waals surface area contributed by atoms with Crippen LogP contribution in [0.3, 0.4) is 0 Å². The van der Waals surface area contributed by atoms with Gasteiger partial charge >= 0.3 is 0 Å². The van der Waals surface area contributed by atoms with Crippen LogP contribution in [0.5, 0.6) is 0 Å². The van der Waals surface area contributed by atoms with Crippen LogP contribution in [-0.4, -0.2) is 10.2 Å². The van der Waals surface area contributed by atoms with Gasteiger partial charge in [-0.25, -0.2) is 0 Å². The molecule has 1 aliphatic rings. The van der Waals surface area contributed by atoms with Crippen molar-refractivity contribution in [3.05, 3.63) is 38.3 Å². The average molecular weight is 316 g/mol. The Morgan fingerprint density at radius 3 is 2.76 bits per heavy atom. The van der Waals surface area contributed by atoms with E-state index < -0.39 is 0 Å². The third-order valence-corrected chi connectivity index (χ3v) is 5.11. The van der Waals surface area contributed by atoms with Crippen LogP contribution in [0.1, 0.15) is 31.2 Å². The second-order valence-electron chi connectivity index (χ2n) is 4.26. The zero-order chi connectivity index (χ0) is 12.3. The standard InChI is InChI=1S/C12H14BrNO2S/c13-11-6-5-9(7-12(11)14(15)16)8-17-10-3-1-2-4-10/h5-7,10H,1-4,8H2. The van der Waals surface area contributed by atoms with Gasteiger partial charge in [0.1, 0.15) is 0 Å². The minimum absolute atomic E-state index is 0.162. The quantitative estimate of drug-likeness (QED) is 0.605. The Kier molecular flexibility index (Phi) is 4.45. The van der Waals surface area contributed by atoms with E-state index in [1.165, 1.54) is 25.7 Å². The number of nitrogens with zero attached hydrogens (tertiary/aromatic N) is 1. The molecule has 0 unspecified atom stereocenters. The fraction of sp³-hybridized carbons (Fsp3) is 0.500. The van der Waals surface area contributed by atoms with Crippen molar-refractivity contribution in [3.8, 4) is 0 Å². The Morgan fingerprint density at radius 2 is 2.12 bits per heavy atom. The Morgan fingerprint density at radius 1 is 1.41 bits per heavy atom. The van der Waals surface area contributed by atoms with E-state index in [0.717, 1.165) is 16.6 Å². The Balaban J connectivity index is 2.00. The van der Waals surface area contributed by atoms with Gasteiger partial charge in [0.15, 0.2) is 0 Å². The maximum absolute atomic E-state index is 10.8. The van der Waals surface area contributed by atoms with Gasteiger partial charge in [0.25, 0.3) is 5.69 Å². The topological polar surface area (TPSA) is 43.1 Å². The van der Waals surface area contributed by atoms with Crippen molar-refractivity contribution in [1.29, 1.82) is 0 Å². The minimum atomic E-state index is -0.339. The zero-order valence-electron chi connectivity index (χ0n) is 9.39. The van der Waals surface area contributed by atoms with Crippen LogP contribution in [0.4, 0.5) is 5.69 Å². The molecule has 0 atom stereocenters. The van der Waals surface area contributed by atoms with E-state index in [1.54, 1.807) is 12.1 Å². The summed E-state index contributed by atoms with van der Waals surface area (Å²) in [5, 5.41) is 11.6. The molecule has 1 aromatic carbocycles. The smallest absolute Gasteiger partial charge is 0.258 e. The highest BCUT2D eigenvalue weighted by Crippen LogP contribution is 2.33. The summed E-state index contributed by atoms with van der Waals surface area (Å²) in [6, 6.07) is 5.40. The lowest BCUT2D eigenvalue weighted by molar-refractivity contribution is -0.385. The van der Waals surface area contributed by atoms with Gasteiger partial charge in [-0.1, -0.05) is 18.9 Å². The van der Waals surface area contributed by atoms with Crippen molar-refractivity contribution in [2.24, 2.45) is 0 Å². The summed E-state index contributed by atoms with van der Waals surface area (Å²) in [6.07, 6.45) is 5.25. The van der Waals surface area contributed by atoms with Crippen molar-refractivity contribution in [1.82, 2.24) is 0 Å². The SMILES string of the molecule is O=[N+]([O-])c1cc(CSC2CCCC2)ccc1Br. The summed E-state index contributed by atoms with van der Waals surface area (Å²) < 4.78 is 0.553. The molecule has 0 aliphatic heterocycles. The van der Waals surface area contributed by atoms with Crippen molar-refractivity contribution >= 4 is 33.4 Å². The van der Waals surface area contributed by atoms with Gasteiger partial charge in [-0.3, -0.25) is 10.1 Å². The first-order chi connectivity index (χ1) is 8.16. The molecule has 1 fully saturated rings. The number of nitro groups is 1. The van der Waals surface area contributed by atoms with Crippen molar-refractivity contribution in [2.45, 2.75) is 36.7 Å². The molecule has 1 aromatic rings. The van der Waals surface area contributed by atoms with Gasteiger partial charge in [0, 0.05) is 17.1 Å². The summed E-state index contributed by atoms with van der Waals surface area (Å²) >= 11 is 5.13. The number of benzene rings is 1. The number of thioether (sulfide) groups is 1. The second-order valence-corrected chi connectivity index (χ2v) is 6.40. The van der Waals surface area contributed by atoms with Crippen LogP contribution in [0.2, 0.25) is 0 Å². The van der Waals surface area contributed by atoms with Crippen molar-refractivity contribution < 1.29 is 4.92 Å². The van der Waals surface area contributed by atoms with E-state index in [2.05, 4.69) is 15.9 Å². The molecule has 1 saturated carbocycles. The molecule has 0 amide bonds. The number of rotatable bonds is 4. The molecule has 3 nitrogen and oxygen atoms in total. The molecule has 0 N–H and O–H groups in total. The molecule has 0 bridgehead atoms. The lowest BCUT2D eigenvalue weighted by Gasteiger charge is -2.08. The van der Waals surface area contributed by atoms with Crippen LogP contribution < -0.4 is 0 Å². The van der Waals surface area contributed by atoms with Gasteiger partial charge < -0.3 is 0 Å². The van der Waals surface area contributed by atoms with Crippen molar-refractivity contribution in [2.75, 3.05) is 0 Å². The molecule has 0 spiro atoms. The number of hydrogen-bond acceptors (Lipinski definition) is 3. The molecule has 2 rings (SSSR count). The predicted octanol–water partition coefficient (Wildman–Crippen LogP) is 4.53. The van der Waals surface area contributed by atoms with Crippen molar-refractivity contribution in [3.63, 3.8) is 0 Å². The first kappa shape index (κ1) is 12.9. The molecule has 1 aliphatic carbocycles. The fourth-order valence-electron chi connectivity index (χ4n) is 2.06. The summed E-state index contributed by atoms with van der Waals surface area (Å²) in [6.45, 7) is 0. The molecule has 17 heavy (non-hydrogen) atoms. The molecule has 5 heteroatoms. The molecule has 0 heterocycles. The summed E-state index contributed by atoms with van der Waals surface area (Å²) in [7, 11) is 0. The lowest BCUT2D eigenvalue weighted by atomic mass is 10.2. The molecule has 0 radical (unpaired) electrons. The summed E-state index contributed by atoms with van der Waals surface area (Å²) in [4.78, 5) is 10.5. The van der Waals surface area contributed by atoms with E-state index in [-0.39, 0.29) is 10.6 Å². The predicted molar refractivity (Wildman–Crippen MR) is 74.3 cm³/mol. The highest BCUT2D eigenvalue weighted by Gasteiger charge is 2.16. The molecule has 92 valence electrons. The van der Waals surface area contributed by atoms with E-state index in [1.807, 2.05) is 17.8 Å². The van der Waals surface area contributed by atoms with Gasteiger partial charge in [0.2, 0.25) is 0 Å². The normalized spacial score (nSPS) is 16.3. The number of nitro benzene ring substituents is 1. The highest BCUT2D eigenvalue weighted by molar-refractivity contribution is 9.10. The highest BCUT2D eigenvalue weighted by atomic mass is 79.9. The first-order valence-corrected chi connectivity index (χ1v) is 7.55. The maximum atomic E-state index is 10.8. The molecular formula is C12H14BrNO2S. The maximum Gasteiger partial charge on any atom is 0.283 e. The summed E-state index contributed by atoms with van der Waals surface area (Å²) in [5.74, 6) is 0.874. The zero-order valence-corrected chi connectivity index (χ0v) is 11.8. The van der Waals surface area contributed by atoms with Crippen LogP contribution in [0.15, 0.2) is 22.7 Å². The fourth-order valence-corrected chi connectivity index (χ4v) is 3.72. The van der Waals surface area contributed by atoms with Crippen LogP contribution in [0.25, 0.3) is 0 Å². The largest absolute Gasteiger partial charge is 0.283 e. The monoisotopic (exact) mass is 315 g/mol. The van der Waals surface area contributed by atoms with Crippen LogP contribution in [-0.2, 0) is 5.75 Å². The second kappa shape index (κ2) is 5.87. The molecule has 0 saturated heterocycles. The lowest BCUT2D eigenvalue weighted by Crippen LogP contribution is -1.96. The number of hydrogen-bond donors (Lipinski definition) is 0. The Hall–Kier alpha value is -0.550. The van der Waals surface area contributed by atoms with E-state index in [0.29, 0.717) is 4.47 Å². The van der Waals surface area contributed by atoms with Gasteiger partial charge in [0.05, 0.1) is 9.40 Å². The first-order valence-electron chi connectivity index (χ1n) is 5.71. The van der Waals surface area contributed by atoms with Crippen LogP contribution in [0, 0.1) is 10.1 Å². The third kappa shape index (κ3) is 3.45. The number of halogens is 1. The van der Waals surface area contributed by atoms with E-state index in [9.17, 15) is 10.1 Å². The van der Waals surface area contributed by atoms with E-state index in [4.69, 9.17) is 0 Å². The van der Waals surface area contributed by atoms with Gasteiger partial charge in [-0.15, -0.1) is 0 Å². The molecular weight excluding hydrogens is 302 g/mol. The molecule has 0 aromatic heterocycles. The average Bonchev–Trinajstić information content (AvgIpc) is 2.80. The van der Waals surface area contributed by atoms with Crippen LogP contribution >= 0.6 is 27.7 Å². The van der Waals surface area contributed by atoms with E-state index >= 15 is 0 Å². The van der Waals surface area contributed by atoms with Gasteiger partial charge in [-0.05, 0) is 40.4 Å². The Bertz CT molecular complexity index is 419. The minimum Gasteiger partial charge on any atom is -0.258 e. The summed E-state index contributed by atoms with van der Waals surface area (Å²) in [5.41, 5.74) is 1.20.